The summed E-state index contributed by atoms with van der Waals surface area (Å²) in [6.07, 6.45) is 4.30. The van der Waals surface area contributed by atoms with Crippen LogP contribution in [0.15, 0.2) is 70.3 Å². The average Bonchev–Trinajstić information content (AvgIpc) is 3.64. The number of hydrogen-bond acceptors (Lipinski definition) is 10. The number of hydrogen-bond donors (Lipinski definition) is 4. The van der Waals surface area contributed by atoms with Crippen LogP contribution in [0.1, 0.15) is 24.0 Å². The molecule has 0 aliphatic carbocycles. The van der Waals surface area contributed by atoms with Gasteiger partial charge in [0.2, 0.25) is 5.13 Å². The highest BCUT2D eigenvalue weighted by molar-refractivity contribution is 7.20. The van der Waals surface area contributed by atoms with Crippen molar-refractivity contribution < 1.29 is 0 Å². The molecule has 180 valence electrons. The van der Waals surface area contributed by atoms with Crippen molar-refractivity contribution in [1.29, 1.82) is 0 Å². The van der Waals surface area contributed by atoms with E-state index >= 15 is 0 Å². The van der Waals surface area contributed by atoms with Crippen molar-refractivity contribution in [3.63, 3.8) is 0 Å². The second-order valence-corrected chi connectivity index (χ2v) is 10.3. The molecule has 0 spiro atoms. The van der Waals surface area contributed by atoms with Gasteiger partial charge in [-0.15, -0.1) is 21.6 Å². The lowest BCUT2D eigenvalue weighted by Gasteiger charge is -2.15. The summed E-state index contributed by atoms with van der Waals surface area (Å²) in [6, 6.07) is 16.5. The first-order chi connectivity index (χ1) is 17.1. The molecule has 4 N–H and O–H groups in total. The van der Waals surface area contributed by atoms with Crippen LogP contribution in [-0.2, 0) is 0 Å². The van der Waals surface area contributed by atoms with Crippen molar-refractivity contribution in [3.05, 3.63) is 71.2 Å². The number of azo groups is 1. The van der Waals surface area contributed by atoms with E-state index in [0.717, 1.165) is 52.0 Å². The van der Waals surface area contributed by atoms with Gasteiger partial charge in [0.25, 0.3) is 0 Å². The second-order valence-electron chi connectivity index (χ2n) is 8.38. The van der Waals surface area contributed by atoms with Crippen LogP contribution in [0.4, 0.5) is 37.9 Å². The Morgan fingerprint density at radius 1 is 0.829 bits per heavy atom. The molecule has 35 heavy (non-hydrogen) atoms. The standard InChI is InChI=1S/C25H28N8S2/c1-17-16-20(28-31-23-9-10-24(35-23)33-12-3-4-13-33)6-7-21(17)29-27-19-5-8-22(18(2)15-19)30-32-25-26-11-14-34-25/h5-11,14-16,27-29,31H,3-4,12-13H2,1-2H3. The zero-order chi connectivity index (χ0) is 24.0. The Labute approximate surface area is 213 Å². The van der Waals surface area contributed by atoms with E-state index in [0.29, 0.717) is 5.13 Å². The first kappa shape index (κ1) is 23.1. The molecule has 3 heterocycles. The molecule has 1 aliphatic heterocycles. The van der Waals surface area contributed by atoms with Crippen molar-refractivity contribution in [3.8, 4) is 0 Å². The first-order valence-electron chi connectivity index (χ1n) is 11.6. The summed E-state index contributed by atoms with van der Waals surface area (Å²) in [4.78, 5) is 6.58. The van der Waals surface area contributed by atoms with E-state index in [-0.39, 0.29) is 0 Å². The fourth-order valence-corrected chi connectivity index (χ4v) is 5.23. The topological polar surface area (TPSA) is 89.0 Å². The minimum Gasteiger partial charge on any atom is -0.363 e. The van der Waals surface area contributed by atoms with Gasteiger partial charge >= 0.3 is 0 Å². The summed E-state index contributed by atoms with van der Waals surface area (Å²) in [5.74, 6) is 0. The molecule has 1 saturated heterocycles. The Balaban J connectivity index is 1.14. The highest BCUT2D eigenvalue weighted by Gasteiger charge is 2.14. The summed E-state index contributed by atoms with van der Waals surface area (Å²) in [6.45, 7) is 6.43. The SMILES string of the molecule is Cc1cc(NNc2ccc(NNc3ccc(N4CCCC4)s3)cc2C)ccc1N=Nc1nccs1. The zero-order valence-corrected chi connectivity index (χ0v) is 21.3. The molecule has 5 rings (SSSR count). The third-order valence-corrected chi connectivity index (χ3v) is 7.48. The van der Waals surface area contributed by atoms with E-state index in [1.807, 2.05) is 36.6 Å². The van der Waals surface area contributed by atoms with Crippen LogP contribution in [0.25, 0.3) is 0 Å². The smallest absolute Gasteiger partial charge is 0.229 e. The number of aromatic nitrogens is 1. The number of thiophene rings is 1. The summed E-state index contributed by atoms with van der Waals surface area (Å²) in [7, 11) is 0. The van der Waals surface area contributed by atoms with Gasteiger partial charge in [-0.2, -0.15) is 0 Å². The average molecular weight is 505 g/mol. The van der Waals surface area contributed by atoms with E-state index in [9.17, 15) is 0 Å². The molecule has 8 nitrogen and oxygen atoms in total. The van der Waals surface area contributed by atoms with Crippen LogP contribution in [0.5, 0.6) is 0 Å². The third kappa shape index (κ3) is 5.90. The number of anilines is 5. The minimum atomic E-state index is 0.652. The van der Waals surface area contributed by atoms with Gasteiger partial charge in [-0.05, 0) is 86.3 Å². The molecular weight excluding hydrogens is 476 g/mol. The predicted octanol–water partition coefficient (Wildman–Crippen LogP) is 7.72. The Bertz CT molecular complexity index is 1290. The molecule has 4 aromatic rings. The van der Waals surface area contributed by atoms with Gasteiger partial charge in [-0.25, -0.2) is 4.98 Å². The normalized spacial score (nSPS) is 13.4. The highest BCUT2D eigenvalue weighted by Crippen LogP contribution is 2.32. The van der Waals surface area contributed by atoms with Gasteiger partial charge in [-0.1, -0.05) is 11.3 Å². The third-order valence-electron chi connectivity index (χ3n) is 5.77. The van der Waals surface area contributed by atoms with Gasteiger partial charge in [0.1, 0.15) is 5.00 Å². The van der Waals surface area contributed by atoms with Crippen LogP contribution in [0.3, 0.4) is 0 Å². The molecule has 10 heteroatoms. The number of nitrogens with one attached hydrogen (secondary N) is 4. The monoisotopic (exact) mass is 504 g/mol. The molecule has 1 fully saturated rings. The molecule has 0 saturated carbocycles. The summed E-state index contributed by atoms with van der Waals surface area (Å²) >= 11 is 3.24. The molecule has 2 aromatic carbocycles. The molecule has 0 amide bonds. The molecule has 2 aromatic heterocycles. The highest BCUT2D eigenvalue weighted by atomic mass is 32.1. The summed E-state index contributed by atoms with van der Waals surface area (Å²) in [5, 5.41) is 13.5. The van der Waals surface area contributed by atoms with Crippen molar-refractivity contribution in [2.75, 3.05) is 39.7 Å². The summed E-state index contributed by atoms with van der Waals surface area (Å²) in [5.41, 5.74) is 19.2. The maximum Gasteiger partial charge on any atom is 0.229 e. The van der Waals surface area contributed by atoms with Crippen molar-refractivity contribution in [1.82, 2.24) is 4.98 Å². The van der Waals surface area contributed by atoms with Gasteiger partial charge < -0.3 is 21.2 Å². The minimum absolute atomic E-state index is 0.652. The van der Waals surface area contributed by atoms with Crippen LogP contribution < -0.4 is 26.6 Å². The quantitative estimate of drug-likeness (QED) is 0.138. The predicted molar refractivity (Wildman–Crippen MR) is 149 cm³/mol. The molecular formula is C25H28N8S2. The van der Waals surface area contributed by atoms with Gasteiger partial charge in [0.15, 0.2) is 0 Å². The Kier molecular flexibility index (Phi) is 7.10. The Morgan fingerprint density at radius 3 is 2.34 bits per heavy atom. The first-order valence-corrected chi connectivity index (χ1v) is 13.2. The van der Waals surface area contributed by atoms with E-state index in [1.165, 1.54) is 29.2 Å². The number of thiazole rings is 1. The fourth-order valence-electron chi connectivity index (χ4n) is 3.86. The van der Waals surface area contributed by atoms with Gasteiger partial charge in [-0.3, -0.25) is 5.43 Å². The van der Waals surface area contributed by atoms with Crippen molar-refractivity contribution in [2.45, 2.75) is 26.7 Å². The maximum atomic E-state index is 4.30. The van der Waals surface area contributed by atoms with E-state index < -0.39 is 0 Å². The molecule has 0 bridgehead atoms. The number of nitrogens with zero attached hydrogens (tertiary/aromatic N) is 4. The van der Waals surface area contributed by atoms with Gasteiger partial charge in [0, 0.05) is 24.7 Å². The van der Waals surface area contributed by atoms with Crippen LogP contribution in [-0.4, -0.2) is 18.1 Å². The van der Waals surface area contributed by atoms with Crippen LogP contribution in [0.2, 0.25) is 0 Å². The summed E-state index contributed by atoms with van der Waals surface area (Å²) < 4.78 is 0. The number of aryl methyl sites for hydroxylation is 2. The van der Waals surface area contributed by atoms with E-state index in [1.54, 1.807) is 17.5 Å². The Hall–Kier alpha value is -3.63. The molecule has 0 unspecified atom stereocenters. The molecule has 0 radical (unpaired) electrons. The van der Waals surface area contributed by atoms with Crippen LogP contribution >= 0.6 is 22.7 Å². The Morgan fingerprint density at radius 2 is 1.60 bits per heavy atom. The van der Waals surface area contributed by atoms with E-state index in [4.69, 9.17) is 0 Å². The van der Waals surface area contributed by atoms with Crippen molar-refractivity contribution >= 4 is 60.6 Å². The second kappa shape index (κ2) is 10.7. The lowest BCUT2D eigenvalue weighted by molar-refractivity contribution is 0.949. The maximum absolute atomic E-state index is 4.30. The number of hydrazine groups is 2. The van der Waals surface area contributed by atoms with Crippen LogP contribution in [0, 0.1) is 13.8 Å². The van der Waals surface area contributed by atoms with E-state index in [2.05, 4.69) is 73.0 Å². The number of benzene rings is 2. The van der Waals surface area contributed by atoms with Crippen molar-refractivity contribution in [2.24, 2.45) is 10.2 Å². The number of rotatable bonds is 9. The zero-order valence-electron chi connectivity index (χ0n) is 19.7. The lowest BCUT2D eigenvalue weighted by atomic mass is 10.2. The molecule has 0 atom stereocenters. The largest absolute Gasteiger partial charge is 0.363 e. The molecule has 1 aliphatic rings. The van der Waals surface area contributed by atoms with Gasteiger partial charge in [0.05, 0.1) is 27.8 Å². The fraction of sp³-hybridized carbons (Fsp3) is 0.240. The lowest BCUT2D eigenvalue weighted by Crippen LogP contribution is -2.15.